The van der Waals surface area contributed by atoms with Gasteiger partial charge in [0, 0.05) is 5.39 Å². The lowest BCUT2D eigenvalue weighted by molar-refractivity contribution is -0.116. The van der Waals surface area contributed by atoms with Gasteiger partial charge in [0.05, 0.1) is 11.9 Å². The summed E-state index contributed by atoms with van der Waals surface area (Å²) in [6.45, 7) is -0.0701. The van der Waals surface area contributed by atoms with Crippen molar-refractivity contribution in [3.05, 3.63) is 53.0 Å². The van der Waals surface area contributed by atoms with E-state index in [2.05, 4.69) is 17.1 Å². The average Bonchev–Trinajstić information content (AvgIpc) is 3.34. The van der Waals surface area contributed by atoms with Gasteiger partial charge in [0.2, 0.25) is 5.91 Å². The van der Waals surface area contributed by atoms with E-state index in [1.54, 1.807) is 4.90 Å². The summed E-state index contributed by atoms with van der Waals surface area (Å²) in [6, 6.07) is 12.1. The first-order valence-electron chi connectivity index (χ1n) is 8.31. The fraction of sp³-hybridized carbons (Fsp3) is 0.211. The van der Waals surface area contributed by atoms with Gasteiger partial charge in [0.15, 0.2) is 5.13 Å². The average molecular weight is 367 g/mol. The number of fused-ring (bicyclic) bond motifs is 1. The molecule has 3 aromatic rings. The molecule has 4 rings (SSSR count). The number of hydrogen-bond acceptors (Lipinski definition) is 5. The molecule has 26 heavy (non-hydrogen) atoms. The highest BCUT2D eigenvalue weighted by Gasteiger charge is 2.27. The van der Waals surface area contributed by atoms with Crippen LogP contribution in [0.4, 0.5) is 10.8 Å². The topological polar surface area (TPSA) is 96.5 Å². The molecular formula is C19H17N3O3S. The smallest absolute Gasteiger partial charge is 0.347 e. The van der Waals surface area contributed by atoms with E-state index >= 15 is 0 Å². The summed E-state index contributed by atoms with van der Waals surface area (Å²) in [5.74, 6) is -0.953. The number of nitrogens with zero attached hydrogens (tertiary/aromatic N) is 2. The molecule has 3 N–H and O–H groups in total. The number of primary amides is 1. The number of aromatic carboxylic acids is 1. The molecule has 0 saturated heterocycles. The van der Waals surface area contributed by atoms with Gasteiger partial charge in [-0.2, -0.15) is 0 Å². The van der Waals surface area contributed by atoms with Crippen molar-refractivity contribution in [3.8, 4) is 0 Å². The van der Waals surface area contributed by atoms with Crippen molar-refractivity contribution >= 4 is 44.8 Å². The highest BCUT2D eigenvalue weighted by atomic mass is 32.1. The van der Waals surface area contributed by atoms with Crippen LogP contribution in [-0.2, 0) is 4.79 Å². The molecule has 2 aromatic carbocycles. The Hall–Kier alpha value is -2.93. The number of carbonyl (C=O) groups excluding carboxylic acids is 1. The van der Waals surface area contributed by atoms with E-state index in [4.69, 9.17) is 10.8 Å². The van der Waals surface area contributed by atoms with Crippen molar-refractivity contribution in [3.63, 3.8) is 0 Å². The first-order valence-corrected chi connectivity index (χ1v) is 9.13. The van der Waals surface area contributed by atoms with Crippen LogP contribution in [0.3, 0.4) is 0 Å². The van der Waals surface area contributed by atoms with Crippen LogP contribution in [0, 0.1) is 0 Å². The molecule has 0 radical (unpaired) electrons. The number of amides is 1. The Labute approximate surface area is 153 Å². The normalized spacial score (nSPS) is 13.7. The summed E-state index contributed by atoms with van der Waals surface area (Å²) >= 11 is 1.02. The molecule has 6 nitrogen and oxygen atoms in total. The summed E-state index contributed by atoms with van der Waals surface area (Å²) in [6.07, 6.45) is 3.70. The van der Waals surface area contributed by atoms with Gasteiger partial charge in [0.1, 0.15) is 11.4 Å². The Kier molecular flexibility index (Phi) is 4.08. The maximum absolute atomic E-state index is 11.7. The molecule has 1 aliphatic carbocycles. The number of benzene rings is 2. The van der Waals surface area contributed by atoms with E-state index in [-0.39, 0.29) is 11.4 Å². The molecule has 0 aliphatic heterocycles. The van der Waals surface area contributed by atoms with Crippen LogP contribution < -0.4 is 10.6 Å². The lowest BCUT2D eigenvalue weighted by Gasteiger charge is -2.23. The van der Waals surface area contributed by atoms with Crippen molar-refractivity contribution in [2.75, 3.05) is 11.4 Å². The number of nitrogens with two attached hydrogens (primary N) is 1. The summed E-state index contributed by atoms with van der Waals surface area (Å²) in [4.78, 5) is 28.9. The SMILES string of the molecule is NC(=O)CN(c1ncc(C(=O)O)s1)c1ccc(C2CC2)c2ccccc12. The van der Waals surface area contributed by atoms with Gasteiger partial charge in [-0.15, -0.1) is 0 Å². The number of rotatable bonds is 6. The predicted molar refractivity (Wildman–Crippen MR) is 101 cm³/mol. The van der Waals surface area contributed by atoms with Gasteiger partial charge in [-0.1, -0.05) is 41.7 Å². The first-order chi connectivity index (χ1) is 12.5. The minimum atomic E-state index is -1.04. The zero-order valence-electron chi connectivity index (χ0n) is 13.9. The third-order valence-corrected chi connectivity index (χ3v) is 5.50. The van der Waals surface area contributed by atoms with E-state index in [0.717, 1.165) is 27.8 Å². The van der Waals surface area contributed by atoms with Crippen LogP contribution in [0.25, 0.3) is 10.8 Å². The quantitative estimate of drug-likeness (QED) is 0.695. The lowest BCUT2D eigenvalue weighted by Crippen LogP contribution is -2.30. The van der Waals surface area contributed by atoms with Gasteiger partial charge < -0.3 is 15.7 Å². The van der Waals surface area contributed by atoms with Crippen molar-refractivity contribution in [2.24, 2.45) is 5.73 Å². The zero-order valence-corrected chi connectivity index (χ0v) is 14.7. The Balaban J connectivity index is 1.86. The van der Waals surface area contributed by atoms with Crippen molar-refractivity contribution in [1.82, 2.24) is 4.98 Å². The largest absolute Gasteiger partial charge is 0.477 e. The summed E-state index contributed by atoms with van der Waals surface area (Å²) in [5, 5.41) is 11.8. The zero-order chi connectivity index (χ0) is 18.3. The second-order valence-corrected chi connectivity index (χ2v) is 7.37. The van der Waals surface area contributed by atoms with E-state index in [0.29, 0.717) is 11.0 Å². The molecule has 1 saturated carbocycles. The molecule has 1 fully saturated rings. The third kappa shape index (κ3) is 3.01. The van der Waals surface area contributed by atoms with Crippen LogP contribution >= 0.6 is 11.3 Å². The van der Waals surface area contributed by atoms with Gasteiger partial charge in [0.25, 0.3) is 0 Å². The summed E-state index contributed by atoms with van der Waals surface area (Å²) in [7, 11) is 0. The van der Waals surface area contributed by atoms with E-state index in [1.807, 2.05) is 24.3 Å². The number of hydrogen-bond donors (Lipinski definition) is 2. The van der Waals surface area contributed by atoms with Crippen LogP contribution in [0.1, 0.15) is 34.0 Å². The fourth-order valence-corrected chi connectivity index (χ4v) is 3.96. The molecule has 1 aromatic heterocycles. The molecule has 0 bridgehead atoms. The second kappa shape index (κ2) is 6.42. The highest BCUT2D eigenvalue weighted by molar-refractivity contribution is 7.17. The molecule has 0 atom stereocenters. The minimum Gasteiger partial charge on any atom is -0.477 e. The van der Waals surface area contributed by atoms with E-state index in [9.17, 15) is 9.59 Å². The molecule has 132 valence electrons. The van der Waals surface area contributed by atoms with E-state index in [1.165, 1.54) is 24.6 Å². The Morgan fingerprint density at radius 1 is 1.19 bits per heavy atom. The number of anilines is 2. The Morgan fingerprint density at radius 2 is 1.92 bits per heavy atom. The highest BCUT2D eigenvalue weighted by Crippen LogP contribution is 2.45. The Morgan fingerprint density at radius 3 is 2.54 bits per heavy atom. The standard InChI is InChI=1S/C19H17N3O3S/c20-17(23)10-22(19-21-9-16(26-19)18(24)25)15-8-7-12(11-5-6-11)13-3-1-2-4-14(13)15/h1-4,7-9,11H,5-6,10H2,(H2,20,23)(H,24,25). The molecule has 1 heterocycles. The van der Waals surface area contributed by atoms with Crippen LogP contribution in [-0.4, -0.2) is 28.5 Å². The molecule has 7 heteroatoms. The van der Waals surface area contributed by atoms with Gasteiger partial charge in [-0.25, -0.2) is 9.78 Å². The van der Waals surface area contributed by atoms with Crippen LogP contribution in [0.2, 0.25) is 0 Å². The number of thiazole rings is 1. The van der Waals surface area contributed by atoms with Crippen molar-refractivity contribution < 1.29 is 14.7 Å². The van der Waals surface area contributed by atoms with Gasteiger partial charge in [-0.3, -0.25) is 4.79 Å². The number of carbonyl (C=O) groups is 2. The maximum Gasteiger partial charge on any atom is 0.347 e. The maximum atomic E-state index is 11.7. The number of carboxylic acids is 1. The predicted octanol–water partition coefficient (Wildman–Crippen LogP) is 3.50. The first kappa shape index (κ1) is 16.5. The number of aromatic nitrogens is 1. The van der Waals surface area contributed by atoms with E-state index < -0.39 is 11.9 Å². The van der Waals surface area contributed by atoms with Crippen molar-refractivity contribution in [2.45, 2.75) is 18.8 Å². The summed E-state index contributed by atoms with van der Waals surface area (Å²) in [5.41, 5.74) is 7.56. The molecule has 0 spiro atoms. The third-order valence-electron chi connectivity index (χ3n) is 4.49. The fourth-order valence-electron chi connectivity index (χ4n) is 3.19. The second-order valence-electron chi connectivity index (χ2n) is 6.36. The van der Waals surface area contributed by atoms with Gasteiger partial charge >= 0.3 is 5.97 Å². The molecule has 1 amide bonds. The minimum absolute atomic E-state index is 0.0701. The number of carboxylic acid groups (broad SMARTS) is 1. The van der Waals surface area contributed by atoms with Crippen LogP contribution in [0.15, 0.2) is 42.6 Å². The molecule has 0 unspecified atom stereocenters. The van der Waals surface area contributed by atoms with Gasteiger partial charge in [-0.05, 0) is 35.8 Å². The molecular weight excluding hydrogens is 350 g/mol. The van der Waals surface area contributed by atoms with Crippen LogP contribution in [0.5, 0.6) is 0 Å². The Bertz CT molecular complexity index is 1010. The molecule has 1 aliphatic rings. The van der Waals surface area contributed by atoms with Crippen molar-refractivity contribution in [1.29, 1.82) is 0 Å². The lowest BCUT2D eigenvalue weighted by atomic mass is 9.99. The monoisotopic (exact) mass is 367 g/mol. The summed E-state index contributed by atoms with van der Waals surface area (Å²) < 4.78 is 0.